The molecule has 0 radical (unpaired) electrons. The third kappa shape index (κ3) is 6.49. The van der Waals surface area contributed by atoms with Crippen molar-refractivity contribution in [3.63, 3.8) is 0 Å². The van der Waals surface area contributed by atoms with E-state index in [1.165, 1.54) is 7.11 Å². The lowest BCUT2D eigenvalue weighted by Gasteiger charge is -2.20. The second kappa shape index (κ2) is 10.5. The van der Waals surface area contributed by atoms with Gasteiger partial charge in [0, 0.05) is 5.69 Å². The molecule has 2 aromatic rings. The minimum Gasteiger partial charge on any atom is -0.497 e. The number of methoxy groups -OCH3 is 1. The van der Waals surface area contributed by atoms with Crippen molar-refractivity contribution in [1.29, 1.82) is 0 Å². The maximum absolute atomic E-state index is 13.7. The first-order valence-electron chi connectivity index (χ1n) is 8.93. The van der Waals surface area contributed by atoms with Crippen LogP contribution in [0.5, 0.6) is 5.75 Å². The number of anilines is 2. The molecule has 0 aromatic heterocycles. The van der Waals surface area contributed by atoms with Gasteiger partial charge in [-0.05, 0) is 49.4 Å². The van der Waals surface area contributed by atoms with Crippen LogP contribution < -0.4 is 15.4 Å². The smallest absolute Gasteiger partial charge is 0.238 e. The molecule has 0 unspecified atom stereocenters. The van der Waals surface area contributed by atoms with Gasteiger partial charge in [0.05, 0.1) is 25.9 Å². The Hall–Kier alpha value is -3.07. The van der Waals surface area contributed by atoms with Crippen molar-refractivity contribution >= 4 is 23.2 Å². The van der Waals surface area contributed by atoms with Gasteiger partial charge in [0.15, 0.2) is 17.5 Å². The first kappa shape index (κ1) is 22.2. The molecular weight excluding hydrogens is 387 g/mol. The summed E-state index contributed by atoms with van der Waals surface area (Å²) in [7, 11) is 1.54. The van der Waals surface area contributed by atoms with E-state index in [9.17, 15) is 22.8 Å². The van der Waals surface area contributed by atoms with Crippen molar-refractivity contribution in [3.05, 3.63) is 53.8 Å². The summed E-state index contributed by atoms with van der Waals surface area (Å²) in [5, 5.41) is 4.90. The molecule has 9 heteroatoms. The number of benzene rings is 2. The van der Waals surface area contributed by atoms with Crippen LogP contribution in [0.15, 0.2) is 36.4 Å². The quantitative estimate of drug-likeness (QED) is 0.623. The third-order valence-corrected chi connectivity index (χ3v) is 3.96. The van der Waals surface area contributed by atoms with Gasteiger partial charge in [0.2, 0.25) is 11.8 Å². The fourth-order valence-corrected chi connectivity index (χ4v) is 2.62. The maximum Gasteiger partial charge on any atom is 0.238 e. The van der Waals surface area contributed by atoms with Gasteiger partial charge in [-0.1, -0.05) is 6.92 Å². The summed E-state index contributed by atoms with van der Waals surface area (Å²) in [5.74, 6) is -4.82. The number of halogens is 3. The van der Waals surface area contributed by atoms with Crippen LogP contribution in [0.4, 0.5) is 24.5 Å². The van der Waals surface area contributed by atoms with Crippen LogP contribution in [-0.2, 0) is 9.59 Å². The summed E-state index contributed by atoms with van der Waals surface area (Å²) < 4.78 is 45.0. The lowest BCUT2D eigenvalue weighted by Crippen LogP contribution is -2.39. The fraction of sp³-hybridized carbons (Fsp3) is 0.300. The van der Waals surface area contributed by atoms with E-state index in [0.717, 1.165) is 12.1 Å². The molecule has 0 atom stereocenters. The normalized spacial score (nSPS) is 10.7. The summed E-state index contributed by atoms with van der Waals surface area (Å²) in [6, 6.07) is 8.41. The SMILES string of the molecule is CCCN(CC(=O)Nc1ccc(OC)cc1)CC(=O)Nc1ccc(F)c(F)c1F. The van der Waals surface area contributed by atoms with Crippen LogP contribution in [0.3, 0.4) is 0 Å². The van der Waals surface area contributed by atoms with Gasteiger partial charge in [0.1, 0.15) is 5.75 Å². The lowest BCUT2D eigenvalue weighted by molar-refractivity contribution is -0.120. The van der Waals surface area contributed by atoms with Gasteiger partial charge in [-0.25, -0.2) is 13.2 Å². The van der Waals surface area contributed by atoms with Crippen molar-refractivity contribution in [3.8, 4) is 5.75 Å². The molecule has 0 saturated heterocycles. The molecule has 0 aliphatic rings. The molecule has 0 spiro atoms. The van der Waals surface area contributed by atoms with Crippen LogP contribution in [0.2, 0.25) is 0 Å². The highest BCUT2D eigenvalue weighted by Gasteiger charge is 2.18. The van der Waals surface area contributed by atoms with Gasteiger partial charge >= 0.3 is 0 Å². The Balaban J connectivity index is 1.95. The zero-order valence-corrected chi connectivity index (χ0v) is 16.1. The first-order valence-corrected chi connectivity index (χ1v) is 8.93. The predicted octanol–water partition coefficient (Wildman–Crippen LogP) is 3.40. The minimum absolute atomic E-state index is 0.0758. The molecule has 156 valence electrons. The molecule has 6 nitrogen and oxygen atoms in total. The highest BCUT2D eigenvalue weighted by atomic mass is 19.2. The van der Waals surface area contributed by atoms with E-state index in [1.807, 2.05) is 6.92 Å². The summed E-state index contributed by atoms with van der Waals surface area (Å²) in [4.78, 5) is 26.0. The average molecular weight is 409 g/mol. The van der Waals surface area contributed by atoms with Crippen LogP contribution in [0.25, 0.3) is 0 Å². The van der Waals surface area contributed by atoms with Gasteiger partial charge in [-0.15, -0.1) is 0 Å². The van der Waals surface area contributed by atoms with E-state index >= 15 is 0 Å². The van der Waals surface area contributed by atoms with E-state index in [1.54, 1.807) is 29.2 Å². The maximum atomic E-state index is 13.7. The van der Waals surface area contributed by atoms with Crippen LogP contribution in [0.1, 0.15) is 13.3 Å². The molecule has 0 saturated carbocycles. The Morgan fingerprint density at radius 2 is 1.55 bits per heavy atom. The topological polar surface area (TPSA) is 70.7 Å². The number of ether oxygens (including phenoxy) is 1. The molecule has 0 aliphatic carbocycles. The van der Waals surface area contributed by atoms with Crippen molar-refractivity contribution in [2.75, 3.05) is 37.4 Å². The standard InChI is InChI=1S/C20H22F3N3O3/c1-3-10-26(11-17(27)24-13-4-6-14(29-2)7-5-13)12-18(28)25-16-9-8-15(21)19(22)20(16)23/h4-9H,3,10-12H2,1-2H3,(H,24,27)(H,25,28). The van der Waals surface area contributed by atoms with Crippen molar-refractivity contribution in [1.82, 2.24) is 4.90 Å². The molecule has 0 heterocycles. The monoisotopic (exact) mass is 409 g/mol. The van der Waals surface area contributed by atoms with Gasteiger partial charge < -0.3 is 15.4 Å². The van der Waals surface area contributed by atoms with Crippen LogP contribution in [0, 0.1) is 17.5 Å². The Morgan fingerprint density at radius 3 is 2.14 bits per heavy atom. The number of amides is 2. The molecule has 29 heavy (non-hydrogen) atoms. The van der Waals surface area contributed by atoms with Crippen molar-refractivity contribution < 1.29 is 27.5 Å². The number of hydrogen-bond donors (Lipinski definition) is 2. The fourth-order valence-electron chi connectivity index (χ4n) is 2.62. The Bertz CT molecular complexity index is 860. The lowest BCUT2D eigenvalue weighted by atomic mass is 10.2. The number of hydrogen-bond acceptors (Lipinski definition) is 4. The summed E-state index contributed by atoms with van der Waals surface area (Å²) in [6.45, 7) is 2.01. The second-order valence-corrected chi connectivity index (χ2v) is 6.26. The zero-order chi connectivity index (χ0) is 21.4. The number of nitrogens with one attached hydrogen (secondary N) is 2. The highest BCUT2D eigenvalue weighted by Crippen LogP contribution is 2.19. The zero-order valence-electron chi connectivity index (χ0n) is 16.1. The highest BCUT2D eigenvalue weighted by molar-refractivity contribution is 5.94. The average Bonchev–Trinajstić information content (AvgIpc) is 2.69. The number of nitrogens with zero attached hydrogens (tertiary/aromatic N) is 1. The van der Waals surface area contributed by atoms with E-state index in [4.69, 9.17) is 4.74 Å². The summed E-state index contributed by atoms with van der Waals surface area (Å²) in [5.41, 5.74) is 0.105. The number of carbonyl (C=O) groups excluding carboxylic acids is 2. The van der Waals surface area contributed by atoms with E-state index in [2.05, 4.69) is 10.6 Å². The largest absolute Gasteiger partial charge is 0.497 e. The number of carbonyl (C=O) groups is 2. The molecule has 0 bridgehead atoms. The summed E-state index contributed by atoms with van der Waals surface area (Å²) >= 11 is 0. The van der Waals surface area contributed by atoms with Gasteiger partial charge in [-0.3, -0.25) is 14.5 Å². The predicted molar refractivity (Wildman–Crippen MR) is 103 cm³/mol. The molecule has 0 aliphatic heterocycles. The van der Waals surface area contributed by atoms with E-state index in [0.29, 0.717) is 24.4 Å². The molecule has 2 rings (SSSR count). The van der Waals surface area contributed by atoms with Crippen LogP contribution >= 0.6 is 0 Å². The third-order valence-electron chi connectivity index (χ3n) is 3.96. The van der Waals surface area contributed by atoms with Crippen molar-refractivity contribution in [2.24, 2.45) is 0 Å². The first-order chi connectivity index (χ1) is 13.8. The molecule has 2 aromatic carbocycles. The van der Waals surface area contributed by atoms with Gasteiger partial charge in [0.25, 0.3) is 0 Å². The van der Waals surface area contributed by atoms with Gasteiger partial charge in [-0.2, -0.15) is 0 Å². The second-order valence-electron chi connectivity index (χ2n) is 6.26. The molecular formula is C20H22F3N3O3. The van der Waals surface area contributed by atoms with E-state index < -0.39 is 29.0 Å². The van der Waals surface area contributed by atoms with E-state index in [-0.39, 0.29) is 19.0 Å². The molecule has 2 N–H and O–H groups in total. The summed E-state index contributed by atoms with van der Waals surface area (Å²) in [6.07, 6.45) is 0.669. The van der Waals surface area contributed by atoms with Crippen molar-refractivity contribution in [2.45, 2.75) is 13.3 Å². The Labute approximate surface area is 166 Å². The Kier molecular flexibility index (Phi) is 8.02. The number of rotatable bonds is 9. The molecule has 2 amide bonds. The minimum atomic E-state index is -1.66. The molecule has 0 fully saturated rings. The Morgan fingerprint density at radius 1 is 0.931 bits per heavy atom. The van der Waals surface area contributed by atoms with Crippen LogP contribution in [-0.4, -0.2) is 43.5 Å².